The van der Waals surface area contributed by atoms with Crippen LogP contribution in [0.3, 0.4) is 0 Å². The molecule has 0 fully saturated rings. The summed E-state index contributed by atoms with van der Waals surface area (Å²) in [5.41, 5.74) is 1.18. The van der Waals surface area contributed by atoms with Crippen LogP contribution in [0.25, 0.3) is 0 Å². The van der Waals surface area contributed by atoms with Gasteiger partial charge >= 0.3 is 0 Å². The first-order valence-corrected chi connectivity index (χ1v) is 5.28. The lowest BCUT2D eigenvalue weighted by Gasteiger charge is -2.06. The fourth-order valence-electron chi connectivity index (χ4n) is 1.32. The summed E-state index contributed by atoms with van der Waals surface area (Å²) < 4.78 is 7.08. The van der Waals surface area contributed by atoms with Gasteiger partial charge in [-0.15, -0.1) is 0 Å². The standard InChI is InChI=1S/C10H19N3O2/c1-2-13-10(3-4-12-13)9-11-5-7-15-8-6-14/h3-4,11,14H,2,5-9H2,1H3. The Balaban J connectivity index is 2.09. The molecule has 0 aromatic carbocycles. The molecule has 0 saturated heterocycles. The lowest BCUT2D eigenvalue weighted by molar-refractivity contribution is 0.0937. The van der Waals surface area contributed by atoms with E-state index in [4.69, 9.17) is 9.84 Å². The van der Waals surface area contributed by atoms with Crippen molar-refractivity contribution in [2.75, 3.05) is 26.4 Å². The molecule has 0 aliphatic carbocycles. The van der Waals surface area contributed by atoms with Crippen molar-refractivity contribution >= 4 is 0 Å². The molecule has 0 amide bonds. The SMILES string of the molecule is CCn1nccc1CNCCOCCO. The van der Waals surface area contributed by atoms with E-state index in [0.717, 1.165) is 19.6 Å². The van der Waals surface area contributed by atoms with E-state index >= 15 is 0 Å². The van der Waals surface area contributed by atoms with Crippen LogP contribution in [-0.2, 0) is 17.8 Å². The summed E-state index contributed by atoms with van der Waals surface area (Å²) in [6.45, 7) is 5.68. The van der Waals surface area contributed by atoms with Crippen molar-refractivity contribution in [2.24, 2.45) is 0 Å². The molecule has 1 rings (SSSR count). The number of aryl methyl sites for hydroxylation is 1. The zero-order valence-corrected chi connectivity index (χ0v) is 9.15. The van der Waals surface area contributed by atoms with E-state index in [1.165, 1.54) is 5.69 Å². The van der Waals surface area contributed by atoms with E-state index in [2.05, 4.69) is 17.3 Å². The summed E-state index contributed by atoms with van der Waals surface area (Å²) in [7, 11) is 0. The van der Waals surface area contributed by atoms with E-state index < -0.39 is 0 Å². The van der Waals surface area contributed by atoms with Crippen molar-refractivity contribution in [2.45, 2.75) is 20.0 Å². The second-order valence-electron chi connectivity index (χ2n) is 3.15. The normalized spacial score (nSPS) is 10.8. The summed E-state index contributed by atoms with van der Waals surface area (Å²) in [5.74, 6) is 0. The number of nitrogens with zero attached hydrogens (tertiary/aromatic N) is 2. The Morgan fingerprint density at radius 2 is 2.40 bits per heavy atom. The second kappa shape index (κ2) is 7.39. The lowest BCUT2D eigenvalue weighted by Crippen LogP contribution is -2.21. The van der Waals surface area contributed by atoms with Crippen LogP contribution in [0.2, 0.25) is 0 Å². The zero-order chi connectivity index (χ0) is 10.9. The van der Waals surface area contributed by atoms with Gasteiger partial charge in [-0.1, -0.05) is 0 Å². The van der Waals surface area contributed by atoms with Crippen LogP contribution in [0.15, 0.2) is 12.3 Å². The van der Waals surface area contributed by atoms with Gasteiger partial charge in [0, 0.05) is 25.8 Å². The molecule has 0 radical (unpaired) electrons. The van der Waals surface area contributed by atoms with Crippen molar-refractivity contribution in [1.82, 2.24) is 15.1 Å². The summed E-state index contributed by atoms with van der Waals surface area (Å²) in [4.78, 5) is 0. The molecule has 0 bridgehead atoms. The van der Waals surface area contributed by atoms with E-state index in [-0.39, 0.29) is 6.61 Å². The van der Waals surface area contributed by atoms with Crippen LogP contribution >= 0.6 is 0 Å². The smallest absolute Gasteiger partial charge is 0.0698 e. The molecule has 15 heavy (non-hydrogen) atoms. The predicted molar refractivity (Wildman–Crippen MR) is 57.5 cm³/mol. The number of rotatable bonds is 8. The van der Waals surface area contributed by atoms with Crippen molar-refractivity contribution in [3.05, 3.63) is 18.0 Å². The van der Waals surface area contributed by atoms with Crippen LogP contribution in [0, 0.1) is 0 Å². The fraction of sp³-hybridized carbons (Fsp3) is 0.700. The van der Waals surface area contributed by atoms with Crippen molar-refractivity contribution < 1.29 is 9.84 Å². The maximum atomic E-state index is 8.48. The molecule has 0 saturated carbocycles. The predicted octanol–water partition coefficient (Wildman–Crippen LogP) is 0.00150. The molecule has 2 N–H and O–H groups in total. The Bertz CT molecular complexity index is 263. The van der Waals surface area contributed by atoms with E-state index in [9.17, 15) is 0 Å². The number of nitrogens with one attached hydrogen (secondary N) is 1. The highest BCUT2D eigenvalue weighted by atomic mass is 16.5. The Kier molecular flexibility index (Phi) is 5.99. The van der Waals surface area contributed by atoms with Crippen LogP contribution in [-0.4, -0.2) is 41.3 Å². The molecule has 0 aliphatic rings. The van der Waals surface area contributed by atoms with E-state index in [0.29, 0.717) is 13.2 Å². The quantitative estimate of drug-likeness (QED) is 0.597. The highest BCUT2D eigenvalue weighted by Gasteiger charge is 1.98. The number of hydrogen-bond acceptors (Lipinski definition) is 4. The third kappa shape index (κ3) is 4.42. The molecule has 1 heterocycles. The largest absolute Gasteiger partial charge is 0.394 e. The minimum atomic E-state index is 0.0859. The molecule has 0 spiro atoms. The molecule has 86 valence electrons. The minimum absolute atomic E-state index is 0.0859. The first-order valence-electron chi connectivity index (χ1n) is 5.28. The summed E-state index contributed by atoms with van der Waals surface area (Å²) >= 11 is 0. The van der Waals surface area contributed by atoms with E-state index in [1.807, 2.05) is 16.9 Å². The van der Waals surface area contributed by atoms with Crippen molar-refractivity contribution in [1.29, 1.82) is 0 Å². The second-order valence-corrected chi connectivity index (χ2v) is 3.15. The Morgan fingerprint density at radius 1 is 1.53 bits per heavy atom. The van der Waals surface area contributed by atoms with Gasteiger partial charge in [-0.05, 0) is 13.0 Å². The first-order chi connectivity index (χ1) is 7.38. The molecule has 1 aromatic heterocycles. The molecule has 1 aromatic rings. The first kappa shape index (κ1) is 12.2. The number of aromatic nitrogens is 2. The Hall–Kier alpha value is -0.910. The van der Waals surface area contributed by atoms with Crippen molar-refractivity contribution in [3.8, 4) is 0 Å². The zero-order valence-electron chi connectivity index (χ0n) is 9.15. The molecular formula is C10H19N3O2. The van der Waals surface area contributed by atoms with E-state index in [1.54, 1.807) is 0 Å². The number of aliphatic hydroxyl groups excluding tert-OH is 1. The highest BCUT2D eigenvalue weighted by molar-refractivity contribution is 4.99. The number of hydrogen-bond donors (Lipinski definition) is 2. The van der Waals surface area contributed by atoms with Crippen LogP contribution in [0.4, 0.5) is 0 Å². The number of aliphatic hydroxyl groups is 1. The van der Waals surface area contributed by atoms with Crippen molar-refractivity contribution in [3.63, 3.8) is 0 Å². The molecule has 5 heteroatoms. The van der Waals surface area contributed by atoms with Gasteiger partial charge in [-0.2, -0.15) is 5.10 Å². The van der Waals surface area contributed by atoms with Gasteiger partial charge in [0.15, 0.2) is 0 Å². The van der Waals surface area contributed by atoms with Crippen LogP contribution < -0.4 is 5.32 Å². The van der Waals surface area contributed by atoms with Gasteiger partial charge in [0.25, 0.3) is 0 Å². The van der Waals surface area contributed by atoms with Gasteiger partial charge in [0.2, 0.25) is 0 Å². The van der Waals surface area contributed by atoms with Gasteiger partial charge in [0.05, 0.1) is 25.5 Å². The molecule has 5 nitrogen and oxygen atoms in total. The molecular weight excluding hydrogens is 194 g/mol. The molecule has 0 atom stereocenters. The average Bonchev–Trinajstić information content (AvgIpc) is 2.70. The highest BCUT2D eigenvalue weighted by Crippen LogP contribution is 1.97. The summed E-state index contributed by atoms with van der Waals surface area (Å²) in [6, 6.07) is 2.01. The maximum absolute atomic E-state index is 8.48. The Morgan fingerprint density at radius 3 is 3.13 bits per heavy atom. The maximum Gasteiger partial charge on any atom is 0.0698 e. The lowest BCUT2D eigenvalue weighted by atomic mass is 10.4. The van der Waals surface area contributed by atoms with Crippen LogP contribution in [0.1, 0.15) is 12.6 Å². The van der Waals surface area contributed by atoms with Gasteiger partial charge in [-0.3, -0.25) is 4.68 Å². The summed E-state index contributed by atoms with van der Waals surface area (Å²) in [6.07, 6.45) is 1.81. The molecule has 0 aliphatic heterocycles. The average molecular weight is 213 g/mol. The monoisotopic (exact) mass is 213 g/mol. The fourth-order valence-corrected chi connectivity index (χ4v) is 1.32. The molecule has 0 unspecified atom stereocenters. The number of ether oxygens (including phenoxy) is 1. The topological polar surface area (TPSA) is 59.3 Å². The van der Waals surface area contributed by atoms with Crippen LogP contribution in [0.5, 0.6) is 0 Å². The van der Waals surface area contributed by atoms with Gasteiger partial charge in [-0.25, -0.2) is 0 Å². The third-order valence-electron chi connectivity index (χ3n) is 2.07. The van der Waals surface area contributed by atoms with Gasteiger partial charge < -0.3 is 15.2 Å². The van der Waals surface area contributed by atoms with Gasteiger partial charge in [0.1, 0.15) is 0 Å². The Labute approximate surface area is 90.1 Å². The third-order valence-corrected chi connectivity index (χ3v) is 2.07. The minimum Gasteiger partial charge on any atom is -0.394 e. The summed E-state index contributed by atoms with van der Waals surface area (Å²) in [5, 5.41) is 15.9.